The average Bonchev–Trinajstić information content (AvgIpc) is 2.47. The molecule has 2 aromatic rings. The van der Waals surface area contributed by atoms with E-state index < -0.39 is 15.7 Å². The normalized spacial score (nSPS) is 11.9. The zero-order chi connectivity index (χ0) is 15.4. The summed E-state index contributed by atoms with van der Waals surface area (Å²) in [6, 6.07) is 7.52. The monoisotopic (exact) mass is 307 g/mol. The van der Waals surface area contributed by atoms with Crippen LogP contribution >= 0.6 is 0 Å². The van der Waals surface area contributed by atoms with E-state index in [1.807, 2.05) is 0 Å². The highest BCUT2D eigenvalue weighted by atomic mass is 32.2. The Labute approximate surface area is 123 Å². The third-order valence-electron chi connectivity index (χ3n) is 2.71. The molecule has 7 nitrogen and oxygen atoms in total. The lowest BCUT2D eigenvalue weighted by atomic mass is 10.2. The summed E-state index contributed by atoms with van der Waals surface area (Å²) in [4.78, 5) is 14.3. The standard InChI is InChI=1S/C13H13N3O4S/c1-20-11-6-9(5-10(7-11)16(17)18)8-21(19)13-12(14)3-2-4-15-13/h2-7H,8,14H2,1H3. The van der Waals surface area contributed by atoms with E-state index in [9.17, 15) is 14.3 Å². The van der Waals surface area contributed by atoms with Crippen molar-refractivity contribution in [3.8, 4) is 5.75 Å². The summed E-state index contributed by atoms with van der Waals surface area (Å²) >= 11 is 0. The van der Waals surface area contributed by atoms with Gasteiger partial charge in [-0.05, 0) is 23.8 Å². The van der Waals surface area contributed by atoms with Crippen LogP contribution in [-0.2, 0) is 16.6 Å². The number of nitrogen functional groups attached to an aromatic ring is 1. The maximum Gasteiger partial charge on any atom is 0.273 e. The van der Waals surface area contributed by atoms with Gasteiger partial charge in [0.25, 0.3) is 5.69 Å². The first-order chi connectivity index (χ1) is 10.0. The lowest BCUT2D eigenvalue weighted by molar-refractivity contribution is -0.385. The van der Waals surface area contributed by atoms with Gasteiger partial charge in [0.15, 0.2) is 0 Å². The Morgan fingerprint density at radius 2 is 2.19 bits per heavy atom. The molecule has 1 aromatic heterocycles. The first-order valence-corrected chi connectivity index (χ1v) is 7.24. The lowest BCUT2D eigenvalue weighted by Gasteiger charge is -2.06. The third-order valence-corrected chi connectivity index (χ3v) is 4.08. The molecule has 110 valence electrons. The Kier molecular flexibility index (Phi) is 4.49. The van der Waals surface area contributed by atoms with Gasteiger partial charge < -0.3 is 10.5 Å². The van der Waals surface area contributed by atoms with E-state index in [0.717, 1.165) is 0 Å². The van der Waals surface area contributed by atoms with Crippen molar-refractivity contribution in [3.63, 3.8) is 0 Å². The number of anilines is 1. The van der Waals surface area contributed by atoms with Crippen molar-refractivity contribution >= 4 is 22.2 Å². The van der Waals surface area contributed by atoms with Crippen LogP contribution in [0.15, 0.2) is 41.6 Å². The SMILES string of the molecule is COc1cc(CS(=O)c2ncccc2N)cc([N+](=O)[O-])c1. The number of non-ortho nitro benzene ring substituents is 1. The van der Waals surface area contributed by atoms with Crippen LogP contribution in [0.2, 0.25) is 0 Å². The quantitative estimate of drug-likeness (QED) is 0.667. The summed E-state index contributed by atoms with van der Waals surface area (Å²) < 4.78 is 17.3. The minimum Gasteiger partial charge on any atom is -0.496 e. The van der Waals surface area contributed by atoms with Crippen LogP contribution in [0.4, 0.5) is 11.4 Å². The second kappa shape index (κ2) is 6.31. The number of pyridine rings is 1. The zero-order valence-corrected chi connectivity index (χ0v) is 12.0. The minimum atomic E-state index is -1.49. The third kappa shape index (κ3) is 3.54. The van der Waals surface area contributed by atoms with Crippen LogP contribution in [-0.4, -0.2) is 21.2 Å². The van der Waals surface area contributed by atoms with Crippen molar-refractivity contribution in [3.05, 3.63) is 52.2 Å². The van der Waals surface area contributed by atoms with Crippen molar-refractivity contribution in [2.24, 2.45) is 0 Å². The Balaban J connectivity index is 2.31. The summed E-state index contributed by atoms with van der Waals surface area (Å²) in [6.45, 7) is 0. The average molecular weight is 307 g/mol. The predicted molar refractivity (Wildman–Crippen MR) is 78.4 cm³/mol. The van der Waals surface area contributed by atoms with E-state index in [4.69, 9.17) is 10.5 Å². The molecule has 1 heterocycles. The number of rotatable bonds is 5. The van der Waals surface area contributed by atoms with Gasteiger partial charge >= 0.3 is 0 Å². The van der Waals surface area contributed by atoms with Gasteiger partial charge in [0.2, 0.25) is 0 Å². The van der Waals surface area contributed by atoms with Gasteiger partial charge in [-0.1, -0.05) is 0 Å². The summed E-state index contributed by atoms with van der Waals surface area (Å²) in [5.41, 5.74) is 6.45. The molecule has 0 aliphatic rings. The number of nitrogens with two attached hydrogens (primary N) is 1. The van der Waals surface area contributed by atoms with Gasteiger partial charge in [0, 0.05) is 12.3 Å². The van der Waals surface area contributed by atoms with Crippen LogP contribution in [0, 0.1) is 10.1 Å². The van der Waals surface area contributed by atoms with Gasteiger partial charge in [-0.25, -0.2) is 4.98 Å². The topological polar surface area (TPSA) is 108 Å². The highest BCUT2D eigenvalue weighted by Gasteiger charge is 2.15. The van der Waals surface area contributed by atoms with E-state index >= 15 is 0 Å². The first-order valence-electron chi connectivity index (χ1n) is 5.92. The molecule has 0 fully saturated rings. The van der Waals surface area contributed by atoms with E-state index in [2.05, 4.69) is 4.98 Å². The van der Waals surface area contributed by atoms with Gasteiger partial charge in [0.05, 0.1) is 40.3 Å². The lowest BCUT2D eigenvalue weighted by Crippen LogP contribution is -2.04. The Morgan fingerprint density at radius 1 is 1.43 bits per heavy atom. The number of methoxy groups -OCH3 is 1. The Hall–Kier alpha value is -2.48. The summed E-state index contributed by atoms with van der Waals surface area (Å²) in [7, 11) is -0.0787. The number of nitrogens with zero attached hydrogens (tertiary/aromatic N) is 2. The molecule has 0 spiro atoms. The Morgan fingerprint density at radius 3 is 2.81 bits per heavy atom. The van der Waals surface area contributed by atoms with Gasteiger partial charge in [-0.2, -0.15) is 0 Å². The molecule has 0 aliphatic heterocycles. The number of hydrogen-bond acceptors (Lipinski definition) is 6. The van der Waals surface area contributed by atoms with E-state index in [1.165, 1.54) is 25.4 Å². The number of nitro benzene ring substituents is 1. The van der Waals surface area contributed by atoms with Gasteiger partial charge in [0.1, 0.15) is 10.8 Å². The van der Waals surface area contributed by atoms with Crippen LogP contribution in [0.25, 0.3) is 0 Å². The fraction of sp³-hybridized carbons (Fsp3) is 0.154. The second-order valence-electron chi connectivity index (χ2n) is 4.18. The van der Waals surface area contributed by atoms with E-state index in [0.29, 0.717) is 17.0 Å². The highest BCUT2D eigenvalue weighted by Crippen LogP contribution is 2.25. The van der Waals surface area contributed by atoms with Crippen molar-refractivity contribution < 1.29 is 13.9 Å². The summed E-state index contributed by atoms with van der Waals surface area (Å²) in [5, 5.41) is 11.1. The maximum atomic E-state index is 12.3. The van der Waals surface area contributed by atoms with Gasteiger partial charge in [-0.15, -0.1) is 0 Å². The van der Waals surface area contributed by atoms with Gasteiger partial charge in [-0.3, -0.25) is 14.3 Å². The minimum absolute atomic E-state index is 0.0687. The number of benzene rings is 1. The fourth-order valence-electron chi connectivity index (χ4n) is 1.76. The molecule has 0 aliphatic carbocycles. The zero-order valence-electron chi connectivity index (χ0n) is 11.2. The van der Waals surface area contributed by atoms with Crippen LogP contribution < -0.4 is 10.5 Å². The molecular weight excluding hydrogens is 294 g/mol. The molecule has 21 heavy (non-hydrogen) atoms. The molecule has 0 radical (unpaired) electrons. The predicted octanol–water partition coefficient (Wildman–Crippen LogP) is 1.89. The van der Waals surface area contributed by atoms with E-state index in [1.54, 1.807) is 18.2 Å². The highest BCUT2D eigenvalue weighted by molar-refractivity contribution is 7.84. The number of ether oxygens (including phenoxy) is 1. The number of aromatic nitrogens is 1. The molecule has 2 rings (SSSR count). The summed E-state index contributed by atoms with van der Waals surface area (Å²) in [5.74, 6) is 0.407. The van der Waals surface area contributed by atoms with Crippen LogP contribution in [0.5, 0.6) is 5.75 Å². The van der Waals surface area contributed by atoms with Crippen molar-refractivity contribution in [2.45, 2.75) is 10.8 Å². The molecule has 8 heteroatoms. The molecule has 1 unspecified atom stereocenters. The molecule has 1 atom stereocenters. The maximum absolute atomic E-state index is 12.3. The van der Waals surface area contributed by atoms with Crippen molar-refractivity contribution in [1.29, 1.82) is 0 Å². The molecular formula is C13H13N3O4S. The van der Waals surface area contributed by atoms with Crippen molar-refractivity contribution in [1.82, 2.24) is 4.98 Å². The fourth-order valence-corrected chi connectivity index (χ4v) is 2.88. The Bertz CT molecular complexity index is 706. The van der Waals surface area contributed by atoms with E-state index in [-0.39, 0.29) is 16.5 Å². The molecule has 1 aromatic carbocycles. The number of nitro groups is 1. The van der Waals surface area contributed by atoms with Crippen LogP contribution in [0.3, 0.4) is 0 Å². The summed E-state index contributed by atoms with van der Waals surface area (Å²) in [6.07, 6.45) is 1.50. The van der Waals surface area contributed by atoms with Crippen LogP contribution in [0.1, 0.15) is 5.56 Å². The largest absolute Gasteiger partial charge is 0.496 e. The van der Waals surface area contributed by atoms with Crippen molar-refractivity contribution in [2.75, 3.05) is 12.8 Å². The molecule has 0 amide bonds. The molecule has 2 N–H and O–H groups in total. The molecule has 0 saturated carbocycles. The number of hydrogen-bond donors (Lipinski definition) is 1. The smallest absolute Gasteiger partial charge is 0.273 e. The second-order valence-corrected chi connectivity index (χ2v) is 5.55. The molecule has 0 saturated heterocycles. The first kappa shape index (κ1) is 14.9. The molecule has 0 bridgehead atoms.